The minimum Gasteiger partial charge on any atom is -0.390 e. The first kappa shape index (κ1) is 14.8. The molecule has 0 bridgehead atoms. The van der Waals surface area contributed by atoms with E-state index in [-0.39, 0.29) is 12.3 Å². The van der Waals surface area contributed by atoms with Crippen molar-refractivity contribution in [3.63, 3.8) is 0 Å². The molecule has 2 fully saturated rings. The van der Waals surface area contributed by atoms with Crippen molar-refractivity contribution in [3.8, 4) is 0 Å². The Morgan fingerprint density at radius 3 is 2.91 bits per heavy atom. The van der Waals surface area contributed by atoms with Crippen LogP contribution in [0.4, 0.5) is 5.82 Å². The van der Waals surface area contributed by atoms with Gasteiger partial charge in [-0.05, 0) is 0 Å². The molecule has 0 amide bonds. The van der Waals surface area contributed by atoms with E-state index in [0.29, 0.717) is 29.9 Å². The van der Waals surface area contributed by atoms with Gasteiger partial charge in [0.2, 0.25) is 0 Å². The molecule has 4 rings (SSSR count). The van der Waals surface area contributed by atoms with Crippen molar-refractivity contribution < 1.29 is 14.6 Å². The number of anilines is 1. The van der Waals surface area contributed by atoms with Crippen LogP contribution in [0.3, 0.4) is 0 Å². The van der Waals surface area contributed by atoms with Crippen molar-refractivity contribution in [2.45, 2.75) is 24.9 Å². The molecule has 9 nitrogen and oxygen atoms in total. The fourth-order valence-electron chi connectivity index (χ4n) is 3.17. The smallest absolute Gasteiger partial charge is 0.167 e. The second-order valence-corrected chi connectivity index (χ2v) is 5.93. The van der Waals surface area contributed by atoms with E-state index in [4.69, 9.17) is 15.2 Å². The number of aromatic nitrogens is 4. The molecule has 3 N–H and O–H groups in total. The number of ether oxygens (including phenoxy) is 2. The molecule has 0 aliphatic carbocycles. The second-order valence-electron chi connectivity index (χ2n) is 5.93. The van der Waals surface area contributed by atoms with E-state index in [9.17, 15) is 5.11 Å². The quantitative estimate of drug-likeness (QED) is 0.770. The maximum atomic E-state index is 10.3. The first-order valence-electron chi connectivity index (χ1n) is 7.79. The zero-order valence-corrected chi connectivity index (χ0v) is 12.7. The minimum absolute atomic E-state index is 0.227. The summed E-state index contributed by atoms with van der Waals surface area (Å²) in [7, 11) is 0. The molecule has 2 saturated heterocycles. The number of nitrogens with two attached hydrogens (primary N) is 1. The van der Waals surface area contributed by atoms with E-state index in [1.165, 1.54) is 6.33 Å². The molecule has 0 aromatic carbocycles. The zero-order chi connectivity index (χ0) is 15.8. The van der Waals surface area contributed by atoms with Gasteiger partial charge in [-0.25, -0.2) is 15.0 Å². The predicted octanol–water partition coefficient (Wildman–Crippen LogP) is -0.611. The van der Waals surface area contributed by atoms with Crippen LogP contribution in [0.25, 0.3) is 11.2 Å². The first-order valence-corrected chi connectivity index (χ1v) is 7.79. The summed E-state index contributed by atoms with van der Waals surface area (Å²) in [5.41, 5.74) is 7.00. The number of rotatable bonds is 3. The highest BCUT2D eigenvalue weighted by Crippen LogP contribution is 2.31. The Morgan fingerprint density at radius 1 is 1.26 bits per heavy atom. The molecule has 4 heterocycles. The van der Waals surface area contributed by atoms with E-state index in [1.807, 2.05) is 4.57 Å². The largest absolute Gasteiger partial charge is 0.390 e. The molecule has 0 unspecified atom stereocenters. The fourth-order valence-corrected chi connectivity index (χ4v) is 3.17. The van der Waals surface area contributed by atoms with E-state index >= 15 is 0 Å². The molecular weight excluding hydrogens is 300 g/mol. The van der Waals surface area contributed by atoms with Crippen LogP contribution in [0.15, 0.2) is 12.7 Å². The van der Waals surface area contributed by atoms with Gasteiger partial charge in [0.1, 0.15) is 18.1 Å². The van der Waals surface area contributed by atoms with Crippen molar-refractivity contribution in [1.29, 1.82) is 0 Å². The molecule has 3 atom stereocenters. The third kappa shape index (κ3) is 2.76. The topological polar surface area (TPSA) is 112 Å². The summed E-state index contributed by atoms with van der Waals surface area (Å²) < 4.78 is 13.2. The number of aliphatic hydroxyl groups is 1. The molecule has 2 aliphatic rings. The van der Waals surface area contributed by atoms with Gasteiger partial charge in [0.25, 0.3) is 0 Å². The lowest BCUT2D eigenvalue weighted by Gasteiger charge is -2.29. The average Bonchev–Trinajstić information content (AvgIpc) is 3.13. The number of nitrogen functional groups attached to an aromatic ring is 1. The Kier molecular flexibility index (Phi) is 3.85. The van der Waals surface area contributed by atoms with Crippen molar-refractivity contribution in [2.24, 2.45) is 0 Å². The summed E-state index contributed by atoms with van der Waals surface area (Å²) in [6.07, 6.45) is 2.52. The van der Waals surface area contributed by atoms with Crippen molar-refractivity contribution in [3.05, 3.63) is 12.7 Å². The van der Waals surface area contributed by atoms with Gasteiger partial charge in [-0.3, -0.25) is 9.47 Å². The highest BCUT2D eigenvalue weighted by atomic mass is 16.5. The summed E-state index contributed by atoms with van der Waals surface area (Å²) in [4.78, 5) is 14.7. The van der Waals surface area contributed by atoms with Crippen molar-refractivity contribution >= 4 is 17.0 Å². The number of aliphatic hydroxyl groups excluding tert-OH is 1. The summed E-state index contributed by atoms with van der Waals surface area (Å²) in [6.45, 7) is 3.90. The fraction of sp³-hybridized carbons (Fsp3) is 0.643. The Bertz CT molecular complexity index is 686. The van der Waals surface area contributed by atoms with Gasteiger partial charge >= 0.3 is 0 Å². The second kappa shape index (κ2) is 6.00. The van der Waals surface area contributed by atoms with E-state index in [0.717, 1.165) is 26.3 Å². The van der Waals surface area contributed by atoms with Crippen LogP contribution in [-0.2, 0) is 9.47 Å². The van der Waals surface area contributed by atoms with Crippen LogP contribution >= 0.6 is 0 Å². The maximum absolute atomic E-state index is 10.3. The SMILES string of the molecule is Nc1ncnc2c1ncn2[C@@H]1C[C@@H](O)[C@H](CN2CCOCC2)O1. The maximum Gasteiger partial charge on any atom is 0.167 e. The molecule has 2 aliphatic heterocycles. The number of nitrogens with zero attached hydrogens (tertiary/aromatic N) is 5. The predicted molar refractivity (Wildman–Crippen MR) is 81.5 cm³/mol. The molecule has 9 heteroatoms. The number of hydrogen-bond acceptors (Lipinski definition) is 8. The summed E-state index contributed by atoms with van der Waals surface area (Å²) in [5, 5.41) is 10.3. The average molecular weight is 320 g/mol. The van der Waals surface area contributed by atoms with Gasteiger partial charge in [-0.15, -0.1) is 0 Å². The van der Waals surface area contributed by atoms with Crippen LogP contribution < -0.4 is 5.73 Å². The zero-order valence-electron chi connectivity index (χ0n) is 12.7. The molecule has 0 spiro atoms. The third-order valence-electron chi connectivity index (χ3n) is 4.44. The molecule has 0 radical (unpaired) electrons. The van der Waals surface area contributed by atoms with Crippen LogP contribution in [-0.4, -0.2) is 74.6 Å². The van der Waals surface area contributed by atoms with E-state index < -0.39 is 6.10 Å². The first-order chi connectivity index (χ1) is 11.2. The Balaban J connectivity index is 1.50. The lowest BCUT2D eigenvalue weighted by atomic mass is 10.1. The van der Waals surface area contributed by atoms with Gasteiger partial charge in [-0.1, -0.05) is 0 Å². The Morgan fingerprint density at radius 2 is 2.09 bits per heavy atom. The molecule has 2 aromatic heterocycles. The van der Waals surface area contributed by atoms with Crippen LogP contribution in [0.1, 0.15) is 12.6 Å². The van der Waals surface area contributed by atoms with Gasteiger partial charge in [0, 0.05) is 26.1 Å². The summed E-state index contributed by atoms with van der Waals surface area (Å²) in [6, 6.07) is 0. The monoisotopic (exact) mass is 320 g/mol. The normalized spacial score (nSPS) is 29.3. The van der Waals surface area contributed by atoms with Gasteiger partial charge in [0.05, 0.1) is 31.7 Å². The standard InChI is InChI=1S/C14H20N6O3/c15-13-12-14(17-7-16-13)20(8-18-12)11-5-9(21)10(23-11)6-19-1-3-22-4-2-19/h7-11,21H,1-6H2,(H2,15,16,17)/t9-,10+,11+/m1/s1. The van der Waals surface area contributed by atoms with Crippen LogP contribution in [0, 0.1) is 0 Å². The van der Waals surface area contributed by atoms with Crippen LogP contribution in [0.2, 0.25) is 0 Å². The third-order valence-corrected chi connectivity index (χ3v) is 4.44. The van der Waals surface area contributed by atoms with Gasteiger partial charge < -0.3 is 20.3 Å². The highest BCUT2D eigenvalue weighted by Gasteiger charge is 2.37. The molecule has 0 saturated carbocycles. The number of morpholine rings is 1. The molecule has 124 valence electrons. The Labute approximate surface area is 133 Å². The number of fused-ring (bicyclic) bond motifs is 1. The highest BCUT2D eigenvalue weighted by molar-refractivity contribution is 5.81. The van der Waals surface area contributed by atoms with E-state index in [2.05, 4.69) is 19.9 Å². The number of imidazole rings is 1. The minimum atomic E-state index is -0.514. The molecule has 2 aromatic rings. The Hall–Kier alpha value is -1.81. The molecular formula is C14H20N6O3. The summed E-state index contributed by atoms with van der Waals surface area (Å²) in [5.74, 6) is 0.345. The lowest BCUT2D eigenvalue weighted by molar-refractivity contribution is -0.0493. The lowest BCUT2D eigenvalue weighted by Crippen LogP contribution is -2.43. The van der Waals surface area contributed by atoms with Crippen LogP contribution in [0.5, 0.6) is 0 Å². The molecule has 23 heavy (non-hydrogen) atoms. The number of hydrogen-bond donors (Lipinski definition) is 2. The van der Waals surface area contributed by atoms with Crippen molar-refractivity contribution in [1.82, 2.24) is 24.4 Å². The van der Waals surface area contributed by atoms with Crippen molar-refractivity contribution in [2.75, 3.05) is 38.6 Å². The van der Waals surface area contributed by atoms with Gasteiger partial charge in [0.15, 0.2) is 11.5 Å². The van der Waals surface area contributed by atoms with E-state index in [1.54, 1.807) is 6.33 Å². The summed E-state index contributed by atoms with van der Waals surface area (Å²) >= 11 is 0. The van der Waals surface area contributed by atoms with Gasteiger partial charge in [-0.2, -0.15) is 0 Å².